The van der Waals surface area contributed by atoms with Crippen LogP contribution < -0.4 is 0 Å². The number of Topliss-reactive ketones (excluding diaryl/α,β-unsaturated/α-hetero) is 1. The fourth-order valence-electron chi connectivity index (χ4n) is 8.70. The fourth-order valence-corrected chi connectivity index (χ4v) is 8.70. The van der Waals surface area contributed by atoms with Gasteiger partial charge in [-0.25, -0.2) is 0 Å². The molecule has 4 saturated carbocycles. The SMILES string of the molecule is C[C@@]1(O)CC[C@@H]2C3CC[C@@]4(C)[C@@H](C[C@@H](C#N)[C@@H]4C(=O)Cn4cc(C(F)(F)F)cn4)[C@@H]3CC[C@@H]2C1. The second-order valence-corrected chi connectivity index (χ2v) is 12.1. The molecule has 0 spiro atoms. The number of rotatable bonds is 3. The van der Waals surface area contributed by atoms with Crippen LogP contribution in [0.4, 0.5) is 13.2 Å². The summed E-state index contributed by atoms with van der Waals surface area (Å²) >= 11 is 0. The molecule has 1 aromatic heterocycles. The van der Waals surface area contributed by atoms with Crippen LogP contribution in [0.5, 0.6) is 0 Å². The van der Waals surface area contributed by atoms with Crippen LogP contribution >= 0.6 is 0 Å². The number of alkyl halides is 3. The summed E-state index contributed by atoms with van der Waals surface area (Å²) in [6.45, 7) is 3.88. The van der Waals surface area contributed by atoms with Crippen molar-refractivity contribution >= 4 is 5.78 Å². The molecule has 0 radical (unpaired) electrons. The molecule has 34 heavy (non-hydrogen) atoms. The summed E-state index contributed by atoms with van der Waals surface area (Å²) in [6.07, 6.45) is 4.67. The lowest BCUT2D eigenvalue weighted by atomic mass is 9.49. The van der Waals surface area contributed by atoms with Crippen molar-refractivity contribution in [1.82, 2.24) is 9.78 Å². The number of hydrogen-bond acceptors (Lipinski definition) is 4. The minimum atomic E-state index is -4.50. The molecule has 0 saturated heterocycles. The van der Waals surface area contributed by atoms with E-state index in [1.807, 2.05) is 6.92 Å². The molecule has 0 aromatic carbocycles. The van der Waals surface area contributed by atoms with Gasteiger partial charge in [-0.3, -0.25) is 9.48 Å². The minimum Gasteiger partial charge on any atom is -0.390 e. The van der Waals surface area contributed by atoms with Crippen LogP contribution in [-0.4, -0.2) is 26.3 Å². The van der Waals surface area contributed by atoms with Gasteiger partial charge in [0.25, 0.3) is 0 Å². The van der Waals surface area contributed by atoms with E-state index in [1.165, 1.54) is 0 Å². The number of fused-ring (bicyclic) bond motifs is 5. The molecule has 0 amide bonds. The fraction of sp³-hybridized carbons (Fsp3) is 0.808. The second kappa shape index (κ2) is 8.08. The summed E-state index contributed by atoms with van der Waals surface area (Å²) in [7, 11) is 0. The summed E-state index contributed by atoms with van der Waals surface area (Å²) in [4.78, 5) is 13.4. The largest absolute Gasteiger partial charge is 0.419 e. The number of nitriles is 1. The zero-order valence-corrected chi connectivity index (χ0v) is 19.9. The minimum absolute atomic E-state index is 0.172. The molecule has 1 heterocycles. The smallest absolute Gasteiger partial charge is 0.390 e. The van der Waals surface area contributed by atoms with Gasteiger partial charge in [0.2, 0.25) is 0 Å². The van der Waals surface area contributed by atoms with E-state index in [-0.39, 0.29) is 23.7 Å². The third-order valence-electron chi connectivity index (χ3n) is 10.1. The van der Waals surface area contributed by atoms with E-state index in [0.717, 1.165) is 62.0 Å². The zero-order valence-electron chi connectivity index (χ0n) is 19.9. The lowest BCUT2D eigenvalue weighted by molar-refractivity contribution is -0.138. The number of nitrogens with zero attached hydrogens (tertiary/aromatic N) is 3. The van der Waals surface area contributed by atoms with Crippen LogP contribution in [0.15, 0.2) is 12.4 Å². The van der Waals surface area contributed by atoms with Gasteiger partial charge in [0.05, 0.1) is 35.9 Å². The van der Waals surface area contributed by atoms with Crippen LogP contribution in [-0.2, 0) is 17.5 Å². The first-order valence-corrected chi connectivity index (χ1v) is 12.7. The van der Waals surface area contributed by atoms with Gasteiger partial charge in [0.1, 0.15) is 0 Å². The Morgan fingerprint density at radius 1 is 1.21 bits per heavy atom. The Kier molecular flexibility index (Phi) is 5.66. The standard InChI is InChI=1S/C26H34F3N3O2/c1-24(34)7-5-18-15(10-24)3-4-20-19(18)6-8-25(2)21(20)9-16(11-30)23(25)22(33)14-32-13-17(12-31-32)26(27,28)29/h12-13,15-16,18-21,23,34H,3-10,14H2,1-2H3/t15-,16+,18+,19?,20-,21+,23-,24-,25+/m1/s1. The molecule has 5 rings (SSSR count). The monoisotopic (exact) mass is 477 g/mol. The van der Waals surface area contributed by atoms with Crippen LogP contribution in [0.3, 0.4) is 0 Å². The molecular weight excluding hydrogens is 443 g/mol. The van der Waals surface area contributed by atoms with Gasteiger partial charge in [0.15, 0.2) is 5.78 Å². The first-order chi connectivity index (χ1) is 15.9. The van der Waals surface area contributed by atoms with Crippen LogP contribution in [0.1, 0.15) is 70.8 Å². The molecule has 0 aliphatic heterocycles. The van der Waals surface area contributed by atoms with Crippen molar-refractivity contribution in [3.63, 3.8) is 0 Å². The number of hydrogen-bond donors (Lipinski definition) is 1. The summed E-state index contributed by atoms with van der Waals surface area (Å²) < 4.78 is 40.0. The predicted octanol–water partition coefficient (Wildman–Crippen LogP) is 5.24. The van der Waals surface area contributed by atoms with E-state index in [0.29, 0.717) is 30.1 Å². The van der Waals surface area contributed by atoms with E-state index in [9.17, 15) is 28.3 Å². The molecule has 186 valence electrons. The van der Waals surface area contributed by atoms with Gasteiger partial charge in [-0.15, -0.1) is 0 Å². The Morgan fingerprint density at radius 2 is 1.94 bits per heavy atom. The van der Waals surface area contributed by atoms with E-state index in [4.69, 9.17) is 0 Å². The van der Waals surface area contributed by atoms with Gasteiger partial charge < -0.3 is 5.11 Å². The van der Waals surface area contributed by atoms with Crippen molar-refractivity contribution in [3.8, 4) is 6.07 Å². The summed E-state index contributed by atoms with van der Waals surface area (Å²) in [5, 5.41) is 24.3. The van der Waals surface area contributed by atoms with Crippen molar-refractivity contribution in [2.45, 2.75) is 83.5 Å². The van der Waals surface area contributed by atoms with Crippen molar-refractivity contribution in [3.05, 3.63) is 18.0 Å². The number of aromatic nitrogens is 2. The molecule has 1 aromatic rings. The third-order valence-corrected chi connectivity index (χ3v) is 10.1. The van der Waals surface area contributed by atoms with Gasteiger partial charge >= 0.3 is 6.18 Å². The Balaban J connectivity index is 1.35. The molecule has 4 fully saturated rings. The highest BCUT2D eigenvalue weighted by Gasteiger charge is 2.62. The van der Waals surface area contributed by atoms with Crippen LogP contribution in [0.25, 0.3) is 0 Å². The number of carbonyl (C=O) groups is 1. The van der Waals surface area contributed by atoms with Crippen molar-refractivity contribution in [1.29, 1.82) is 5.26 Å². The quantitative estimate of drug-likeness (QED) is 0.646. The van der Waals surface area contributed by atoms with Crippen LogP contribution in [0, 0.1) is 58.2 Å². The topological polar surface area (TPSA) is 78.9 Å². The molecule has 5 nitrogen and oxygen atoms in total. The Hall–Kier alpha value is -1.88. The van der Waals surface area contributed by atoms with Crippen LogP contribution in [0.2, 0.25) is 0 Å². The summed E-state index contributed by atoms with van der Waals surface area (Å²) in [5.41, 5.74) is -1.73. The number of halogens is 3. The lowest BCUT2D eigenvalue weighted by Crippen LogP contribution is -2.51. The normalized spacial score (nSPS) is 44.0. The number of carbonyl (C=O) groups excluding carboxylic acids is 1. The van der Waals surface area contributed by atoms with Gasteiger partial charge in [-0.05, 0) is 93.3 Å². The zero-order chi connectivity index (χ0) is 24.5. The maximum Gasteiger partial charge on any atom is 0.419 e. The van der Waals surface area contributed by atoms with Crippen molar-refractivity contribution in [2.24, 2.45) is 46.8 Å². The van der Waals surface area contributed by atoms with E-state index < -0.39 is 29.2 Å². The Morgan fingerprint density at radius 3 is 2.62 bits per heavy atom. The number of aliphatic hydroxyl groups is 1. The second-order valence-electron chi connectivity index (χ2n) is 12.1. The molecule has 0 bridgehead atoms. The Bertz CT molecular complexity index is 996. The molecule has 8 heteroatoms. The van der Waals surface area contributed by atoms with E-state index in [1.54, 1.807) is 0 Å². The third kappa shape index (κ3) is 3.88. The summed E-state index contributed by atoms with van der Waals surface area (Å²) in [6, 6.07) is 2.39. The maximum atomic E-state index is 13.4. The molecule has 4 aliphatic carbocycles. The number of ketones is 1. The highest BCUT2D eigenvalue weighted by atomic mass is 19.4. The van der Waals surface area contributed by atoms with Crippen molar-refractivity contribution < 1.29 is 23.1 Å². The lowest BCUT2D eigenvalue weighted by Gasteiger charge is -2.56. The van der Waals surface area contributed by atoms with Crippen molar-refractivity contribution in [2.75, 3.05) is 0 Å². The predicted molar refractivity (Wildman–Crippen MR) is 118 cm³/mol. The molecular formula is C26H34F3N3O2. The molecule has 4 aliphatic rings. The maximum absolute atomic E-state index is 13.4. The highest BCUT2D eigenvalue weighted by Crippen LogP contribution is 2.66. The average Bonchev–Trinajstić information content (AvgIpc) is 3.34. The van der Waals surface area contributed by atoms with E-state index in [2.05, 4.69) is 18.1 Å². The van der Waals surface area contributed by atoms with Gasteiger partial charge in [-0.2, -0.15) is 23.5 Å². The Labute approximate surface area is 198 Å². The molecule has 1 N–H and O–H groups in total. The highest BCUT2D eigenvalue weighted by molar-refractivity contribution is 5.82. The molecule has 9 atom stereocenters. The van der Waals surface area contributed by atoms with E-state index >= 15 is 0 Å². The summed E-state index contributed by atoms with van der Waals surface area (Å²) in [5.74, 6) is 1.49. The molecule has 1 unspecified atom stereocenters. The van der Waals surface area contributed by atoms with Gasteiger partial charge in [0, 0.05) is 12.1 Å². The van der Waals surface area contributed by atoms with Gasteiger partial charge in [-0.1, -0.05) is 6.92 Å². The first kappa shape index (κ1) is 23.8. The first-order valence-electron chi connectivity index (χ1n) is 12.7. The average molecular weight is 478 g/mol.